The van der Waals surface area contributed by atoms with Gasteiger partial charge in [0.1, 0.15) is 16.0 Å². The molecule has 0 saturated carbocycles. The van der Waals surface area contributed by atoms with Crippen LogP contribution in [0.4, 0.5) is 0 Å². The molecule has 1 saturated heterocycles. The highest BCUT2D eigenvalue weighted by atomic mass is 79.9. The predicted molar refractivity (Wildman–Crippen MR) is 87.9 cm³/mol. The monoisotopic (exact) mass is 378 g/mol. The summed E-state index contributed by atoms with van der Waals surface area (Å²) >= 11 is 3.41. The molecule has 1 amide bonds. The lowest BCUT2D eigenvalue weighted by atomic mass is 10.1. The Morgan fingerprint density at radius 3 is 2.38 bits per heavy atom. The van der Waals surface area contributed by atoms with Crippen LogP contribution in [0.25, 0.3) is 0 Å². The first kappa shape index (κ1) is 18.1. The van der Waals surface area contributed by atoms with Crippen molar-refractivity contribution in [1.29, 1.82) is 0 Å². The average molecular weight is 380 g/mol. The Bertz CT molecular complexity index is 488. The van der Waals surface area contributed by atoms with Crippen molar-refractivity contribution in [3.8, 4) is 11.5 Å². The van der Waals surface area contributed by atoms with Crippen LogP contribution < -0.4 is 14.8 Å². The van der Waals surface area contributed by atoms with E-state index < -0.39 is 0 Å². The van der Waals surface area contributed by atoms with E-state index in [2.05, 4.69) is 21.2 Å². The number of hydrogen-bond acceptors (Lipinski definition) is 4. The minimum atomic E-state index is 0. The third-order valence-electron chi connectivity index (χ3n) is 3.45. The first-order valence-corrected chi connectivity index (χ1v) is 7.31. The molecule has 2 rings (SSSR count). The number of benzene rings is 1. The second-order valence-electron chi connectivity index (χ2n) is 4.75. The molecule has 7 heteroatoms. The van der Waals surface area contributed by atoms with Gasteiger partial charge in [-0.25, -0.2) is 0 Å². The standard InChI is InChI=1S/C14H19BrN2O3.ClH/c1-9-8-16-4-5-17(9)14(18)10-6-11(19-2)13(15)12(7-10)20-3;/h6-7,9,16H,4-5,8H2,1-3H3;1H/t9-;/m1./s1. The van der Waals surface area contributed by atoms with Crippen LogP contribution in [-0.2, 0) is 0 Å². The number of carbonyl (C=O) groups is 1. The van der Waals surface area contributed by atoms with Crippen LogP contribution in [0.3, 0.4) is 0 Å². The number of rotatable bonds is 3. The number of halogens is 2. The van der Waals surface area contributed by atoms with E-state index in [-0.39, 0.29) is 24.4 Å². The van der Waals surface area contributed by atoms with Gasteiger partial charge in [0.25, 0.3) is 5.91 Å². The maximum atomic E-state index is 12.6. The third kappa shape index (κ3) is 3.81. The molecule has 0 spiro atoms. The van der Waals surface area contributed by atoms with Gasteiger partial charge in [-0.05, 0) is 35.0 Å². The van der Waals surface area contributed by atoms with Crippen molar-refractivity contribution in [2.75, 3.05) is 33.9 Å². The zero-order valence-corrected chi connectivity index (χ0v) is 14.7. The first-order chi connectivity index (χ1) is 9.58. The van der Waals surface area contributed by atoms with Gasteiger partial charge in [0.05, 0.1) is 14.2 Å². The second kappa shape index (κ2) is 7.87. The summed E-state index contributed by atoms with van der Waals surface area (Å²) in [6, 6.07) is 3.66. The van der Waals surface area contributed by atoms with Crippen molar-refractivity contribution < 1.29 is 14.3 Å². The van der Waals surface area contributed by atoms with Crippen LogP contribution in [-0.4, -0.2) is 50.7 Å². The molecule has 1 aliphatic heterocycles. The molecule has 21 heavy (non-hydrogen) atoms. The summed E-state index contributed by atoms with van der Waals surface area (Å²) in [5.41, 5.74) is 0.579. The summed E-state index contributed by atoms with van der Waals surface area (Å²) in [6.07, 6.45) is 0. The van der Waals surface area contributed by atoms with Crippen LogP contribution in [0.5, 0.6) is 11.5 Å². The quantitative estimate of drug-likeness (QED) is 0.876. The lowest BCUT2D eigenvalue weighted by Crippen LogP contribution is -2.52. The fourth-order valence-electron chi connectivity index (χ4n) is 2.30. The maximum Gasteiger partial charge on any atom is 0.254 e. The Kier molecular flexibility index (Phi) is 6.77. The molecule has 0 unspecified atom stereocenters. The van der Waals surface area contributed by atoms with Crippen LogP contribution in [0.2, 0.25) is 0 Å². The molecule has 1 aliphatic rings. The largest absolute Gasteiger partial charge is 0.495 e. The van der Waals surface area contributed by atoms with E-state index in [1.807, 2.05) is 11.8 Å². The topological polar surface area (TPSA) is 50.8 Å². The number of piperazine rings is 1. The number of carbonyl (C=O) groups excluding carboxylic acids is 1. The van der Waals surface area contributed by atoms with E-state index in [1.54, 1.807) is 26.4 Å². The summed E-state index contributed by atoms with van der Waals surface area (Å²) in [7, 11) is 3.14. The SMILES string of the molecule is COc1cc(C(=O)N2CCNC[C@H]2C)cc(OC)c1Br.Cl. The molecule has 1 aromatic rings. The minimum Gasteiger partial charge on any atom is -0.495 e. The lowest BCUT2D eigenvalue weighted by Gasteiger charge is -2.34. The average Bonchev–Trinajstić information content (AvgIpc) is 2.47. The number of hydrogen-bond donors (Lipinski definition) is 1. The van der Waals surface area contributed by atoms with Crippen molar-refractivity contribution in [3.63, 3.8) is 0 Å². The van der Waals surface area contributed by atoms with Gasteiger partial charge in [-0.15, -0.1) is 12.4 Å². The number of nitrogens with one attached hydrogen (secondary N) is 1. The normalized spacial score (nSPS) is 17.9. The summed E-state index contributed by atoms with van der Waals surface area (Å²) in [5.74, 6) is 1.19. The number of nitrogens with zero attached hydrogens (tertiary/aromatic N) is 1. The van der Waals surface area contributed by atoms with Crippen LogP contribution >= 0.6 is 28.3 Å². The van der Waals surface area contributed by atoms with E-state index in [9.17, 15) is 4.79 Å². The smallest absolute Gasteiger partial charge is 0.254 e. The Morgan fingerprint density at radius 2 is 1.90 bits per heavy atom. The zero-order chi connectivity index (χ0) is 14.7. The highest BCUT2D eigenvalue weighted by molar-refractivity contribution is 9.10. The Balaban J connectivity index is 0.00000220. The molecule has 1 N–H and O–H groups in total. The van der Waals surface area contributed by atoms with Gasteiger partial charge in [0, 0.05) is 31.2 Å². The number of ether oxygens (including phenoxy) is 2. The first-order valence-electron chi connectivity index (χ1n) is 6.51. The summed E-state index contributed by atoms with van der Waals surface area (Å²) in [4.78, 5) is 14.5. The molecule has 118 valence electrons. The minimum absolute atomic E-state index is 0. The van der Waals surface area contributed by atoms with Crippen molar-refractivity contribution in [3.05, 3.63) is 22.2 Å². The van der Waals surface area contributed by atoms with Gasteiger partial charge < -0.3 is 19.7 Å². The number of methoxy groups -OCH3 is 2. The van der Waals surface area contributed by atoms with E-state index in [0.717, 1.165) is 13.1 Å². The second-order valence-corrected chi connectivity index (χ2v) is 5.54. The van der Waals surface area contributed by atoms with Gasteiger partial charge in [-0.2, -0.15) is 0 Å². The van der Waals surface area contributed by atoms with Crippen LogP contribution in [0.1, 0.15) is 17.3 Å². The molecule has 1 atom stereocenters. The lowest BCUT2D eigenvalue weighted by molar-refractivity contribution is 0.0655. The van der Waals surface area contributed by atoms with Gasteiger partial charge in [0.15, 0.2) is 0 Å². The van der Waals surface area contributed by atoms with Gasteiger partial charge in [-0.3, -0.25) is 4.79 Å². The Morgan fingerprint density at radius 1 is 1.33 bits per heavy atom. The van der Waals surface area contributed by atoms with Crippen molar-refractivity contribution in [2.24, 2.45) is 0 Å². The highest BCUT2D eigenvalue weighted by Gasteiger charge is 2.25. The van der Waals surface area contributed by atoms with Crippen LogP contribution in [0.15, 0.2) is 16.6 Å². The van der Waals surface area contributed by atoms with Crippen molar-refractivity contribution >= 4 is 34.2 Å². The van der Waals surface area contributed by atoms with Gasteiger partial charge in [-0.1, -0.05) is 0 Å². The van der Waals surface area contributed by atoms with E-state index >= 15 is 0 Å². The fraction of sp³-hybridized carbons (Fsp3) is 0.500. The van der Waals surface area contributed by atoms with Crippen molar-refractivity contribution in [2.45, 2.75) is 13.0 Å². The summed E-state index contributed by atoms with van der Waals surface area (Å²) in [6.45, 7) is 4.38. The Hall–Kier alpha value is -0.980. The molecular formula is C14H20BrClN2O3. The molecule has 1 aromatic carbocycles. The van der Waals surface area contributed by atoms with Gasteiger partial charge >= 0.3 is 0 Å². The van der Waals surface area contributed by atoms with Crippen molar-refractivity contribution in [1.82, 2.24) is 10.2 Å². The van der Waals surface area contributed by atoms with Gasteiger partial charge in [0.2, 0.25) is 0 Å². The molecule has 0 aromatic heterocycles. The van der Waals surface area contributed by atoms with E-state index in [1.165, 1.54) is 0 Å². The highest BCUT2D eigenvalue weighted by Crippen LogP contribution is 2.36. The Labute approximate surface area is 139 Å². The van der Waals surface area contributed by atoms with E-state index in [0.29, 0.717) is 28.1 Å². The third-order valence-corrected chi connectivity index (χ3v) is 4.24. The number of amides is 1. The maximum absolute atomic E-state index is 12.6. The zero-order valence-electron chi connectivity index (χ0n) is 12.3. The molecular weight excluding hydrogens is 360 g/mol. The molecule has 1 fully saturated rings. The molecule has 1 heterocycles. The molecule has 0 radical (unpaired) electrons. The molecule has 0 aliphatic carbocycles. The fourth-order valence-corrected chi connectivity index (χ4v) is 2.85. The van der Waals surface area contributed by atoms with E-state index in [4.69, 9.17) is 9.47 Å². The summed E-state index contributed by atoms with van der Waals surface area (Å²) < 4.78 is 11.3. The molecule has 5 nitrogen and oxygen atoms in total. The molecule has 0 bridgehead atoms. The van der Waals surface area contributed by atoms with Crippen LogP contribution in [0, 0.1) is 0 Å². The predicted octanol–water partition coefficient (Wildman–Crippen LogP) is 2.32. The summed E-state index contributed by atoms with van der Waals surface area (Å²) in [5, 5.41) is 3.27.